The Bertz CT molecular complexity index is 1600. The van der Waals surface area contributed by atoms with E-state index in [9.17, 15) is 9.59 Å². The van der Waals surface area contributed by atoms with Crippen molar-refractivity contribution in [3.8, 4) is 0 Å². The maximum absolute atomic E-state index is 14.3. The number of rotatable bonds is 5. The fourth-order valence-electron chi connectivity index (χ4n) is 7.30. The summed E-state index contributed by atoms with van der Waals surface area (Å²) < 4.78 is 7.56. The lowest BCUT2D eigenvalue weighted by Gasteiger charge is -2.48. The van der Waals surface area contributed by atoms with Gasteiger partial charge < -0.3 is 4.43 Å². The maximum Gasteiger partial charge on any atom is 0.347 e. The van der Waals surface area contributed by atoms with Gasteiger partial charge in [0, 0.05) is 28.5 Å². The maximum atomic E-state index is 14.3. The fraction of sp³-hybridized carbons (Fsp3) is 0.222. The molecular weight excluding hydrogens is 508 g/mol. The van der Waals surface area contributed by atoms with Gasteiger partial charge in [-0.1, -0.05) is 129 Å². The van der Waals surface area contributed by atoms with Gasteiger partial charge in [0.25, 0.3) is 0 Å². The topological polar surface area (TPSA) is 43.4 Å². The summed E-state index contributed by atoms with van der Waals surface area (Å²) in [5.41, 5.74) is 3.16. The second-order valence-electron chi connectivity index (χ2n) is 11.3. The van der Waals surface area contributed by atoms with Crippen LogP contribution in [0.2, 0.25) is 0 Å². The lowest BCUT2D eigenvalue weighted by molar-refractivity contribution is 0.0728. The molecule has 4 aromatic carbocycles. The van der Waals surface area contributed by atoms with Crippen LogP contribution in [0.5, 0.6) is 0 Å². The zero-order valence-electron chi connectivity index (χ0n) is 22.7. The molecule has 0 unspecified atom stereocenters. The van der Waals surface area contributed by atoms with Crippen molar-refractivity contribution in [1.29, 1.82) is 0 Å². The van der Waals surface area contributed by atoms with Crippen LogP contribution >= 0.6 is 0 Å². The highest BCUT2D eigenvalue weighted by atomic mass is 28.4. The molecule has 4 heteroatoms. The number of fused-ring (bicyclic) bond motifs is 5. The van der Waals surface area contributed by atoms with E-state index in [1.165, 1.54) is 10.4 Å². The van der Waals surface area contributed by atoms with Crippen molar-refractivity contribution in [3.05, 3.63) is 132 Å². The standard InChI is InChI=1S/C36H32O3Si/c1-2-3-14-24-23-30-32(35(38)28-20-11-10-19-27(28)34(30)37)33-29-21-12-13-22-31(29)40(39-36(24)33,25-15-6-4-7-16-25)26-17-8-5-9-18-26/h4-13,15-22,24,30,32H,2-3,14,23H2,1H3/t24-,30+,32+/m1/s1. The third-order valence-corrected chi connectivity index (χ3v) is 13.1. The Hall–Kier alpha value is -4.02. The zero-order valence-corrected chi connectivity index (χ0v) is 23.7. The molecule has 0 aromatic heterocycles. The summed E-state index contributed by atoms with van der Waals surface area (Å²) in [6.45, 7) is 2.20. The summed E-state index contributed by atoms with van der Waals surface area (Å²) in [5.74, 6) is 0.316. The molecule has 2 aliphatic carbocycles. The highest BCUT2D eigenvalue weighted by Crippen LogP contribution is 2.52. The molecule has 198 valence electrons. The predicted octanol–water partition coefficient (Wildman–Crippen LogP) is 5.92. The number of Topliss-reactive ketones (excluding diaryl/α,β-unsaturated/α-hetero) is 2. The minimum Gasteiger partial charge on any atom is -0.533 e. The molecule has 1 heterocycles. The van der Waals surface area contributed by atoms with E-state index in [1.54, 1.807) is 0 Å². The van der Waals surface area contributed by atoms with Gasteiger partial charge in [0.2, 0.25) is 0 Å². The molecule has 0 bridgehead atoms. The summed E-state index contributed by atoms with van der Waals surface area (Å²) in [4.78, 5) is 28.2. The second-order valence-corrected chi connectivity index (χ2v) is 14.5. The average Bonchev–Trinajstić information content (AvgIpc) is 3.02. The van der Waals surface area contributed by atoms with E-state index in [-0.39, 0.29) is 23.4 Å². The molecule has 3 atom stereocenters. The van der Waals surface area contributed by atoms with Gasteiger partial charge >= 0.3 is 8.32 Å². The largest absolute Gasteiger partial charge is 0.533 e. The molecule has 0 N–H and O–H groups in total. The van der Waals surface area contributed by atoms with E-state index in [1.807, 2.05) is 24.3 Å². The summed E-state index contributed by atoms with van der Waals surface area (Å²) in [6.07, 6.45) is 3.71. The van der Waals surface area contributed by atoms with E-state index in [4.69, 9.17) is 4.43 Å². The van der Waals surface area contributed by atoms with Crippen molar-refractivity contribution >= 4 is 41.0 Å². The Morgan fingerprint density at radius 1 is 0.700 bits per heavy atom. The van der Waals surface area contributed by atoms with Gasteiger partial charge in [-0.15, -0.1) is 0 Å². The normalized spacial score (nSPS) is 22.5. The Morgan fingerprint density at radius 3 is 1.88 bits per heavy atom. The van der Waals surface area contributed by atoms with Gasteiger partial charge in [-0.2, -0.15) is 0 Å². The van der Waals surface area contributed by atoms with Crippen LogP contribution in [0.25, 0.3) is 5.57 Å². The summed E-state index contributed by atoms with van der Waals surface area (Å²) in [7, 11) is -2.97. The van der Waals surface area contributed by atoms with Crippen LogP contribution in [0.1, 0.15) is 58.9 Å². The summed E-state index contributed by atoms with van der Waals surface area (Å²) in [6, 6.07) is 37.1. The number of benzene rings is 4. The van der Waals surface area contributed by atoms with Crippen molar-refractivity contribution < 1.29 is 14.0 Å². The molecule has 1 aliphatic heterocycles. The third-order valence-electron chi connectivity index (χ3n) is 9.09. The molecule has 0 saturated carbocycles. The first-order valence-corrected chi connectivity index (χ1v) is 16.4. The van der Waals surface area contributed by atoms with E-state index >= 15 is 0 Å². The summed E-state index contributed by atoms with van der Waals surface area (Å²) in [5, 5.41) is 3.53. The van der Waals surface area contributed by atoms with Crippen molar-refractivity contribution in [2.45, 2.75) is 32.6 Å². The van der Waals surface area contributed by atoms with Gasteiger partial charge in [-0.25, -0.2) is 0 Å². The van der Waals surface area contributed by atoms with Gasteiger partial charge in [0.05, 0.1) is 11.7 Å². The SMILES string of the molecule is CCCC[C@@H]1C[C@@H]2C(=O)c3ccccc3C(=O)[C@@H]2C2=C1O[Si](c1ccccc1)(c1ccccc1)c1ccccc12. The van der Waals surface area contributed by atoms with Crippen LogP contribution in [0.4, 0.5) is 0 Å². The van der Waals surface area contributed by atoms with Crippen molar-refractivity contribution in [2.24, 2.45) is 17.8 Å². The van der Waals surface area contributed by atoms with E-state index in [0.29, 0.717) is 17.5 Å². The second kappa shape index (κ2) is 9.87. The highest BCUT2D eigenvalue weighted by Gasteiger charge is 2.56. The van der Waals surface area contributed by atoms with Gasteiger partial charge in [0.1, 0.15) is 0 Å². The molecule has 3 aliphatic rings. The monoisotopic (exact) mass is 540 g/mol. The van der Waals surface area contributed by atoms with Crippen LogP contribution in [-0.4, -0.2) is 19.9 Å². The number of hydrogen-bond acceptors (Lipinski definition) is 3. The van der Waals surface area contributed by atoms with Crippen molar-refractivity contribution in [2.75, 3.05) is 0 Å². The Morgan fingerprint density at radius 2 is 1.25 bits per heavy atom. The molecule has 0 fully saturated rings. The lowest BCUT2D eigenvalue weighted by Crippen LogP contribution is -2.71. The fourth-order valence-corrected chi connectivity index (χ4v) is 11.5. The van der Waals surface area contributed by atoms with Gasteiger partial charge in [-0.3, -0.25) is 9.59 Å². The van der Waals surface area contributed by atoms with E-state index in [0.717, 1.165) is 41.3 Å². The number of hydrogen-bond donors (Lipinski definition) is 0. The minimum absolute atomic E-state index is 0.0497. The lowest BCUT2D eigenvalue weighted by atomic mass is 9.62. The quantitative estimate of drug-likeness (QED) is 0.295. The molecule has 0 spiro atoms. The first-order chi connectivity index (χ1) is 19.6. The highest BCUT2D eigenvalue weighted by molar-refractivity contribution is 7.07. The van der Waals surface area contributed by atoms with Crippen molar-refractivity contribution in [1.82, 2.24) is 0 Å². The number of ketones is 2. The molecule has 0 saturated heterocycles. The zero-order chi connectivity index (χ0) is 27.3. The Kier molecular flexibility index (Phi) is 6.16. The first kappa shape index (κ1) is 25.0. The number of unbranched alkanes of at least 4 members (excludes halogenated alkanes) is 1. The molecular formula is C36H32O3Si. The van der Waals surface area contributed by atoms with Gasteiger partial charge in [0.15, 0.2) is 11.6 Å². The van der Waals surface area contributed by atoms with Crippen LogP contribution in [0.3, 0.4) is 0 Å². The summed E-state index contributed by atoms with van der Waals surface area (Å²) >= 11 is 0. The first-order valence-electron chi connectivity index (χ1n) is 14.5. The smallest absolute Gasteiger partial charge is 0.347 e. The third kappa shape index (κ3) is 3.62. The van der Waals surface area contributed by atoms with Crippen LogP contribution in [-0.2, 0) is 4.43 Å². The molecule has 40 heavy (non-hydrogen) atoms. The Labute approximate surface area is 236 Å². The number of carbonyl (C=O) groups excluding carboxylic acids is 2. The van der Waals surface area contributed by atoms with Crippen LogP contribution in [0, 0.1) is 17.8 Å². The van der Waals surface area contributed by atoms with Crippen LogP contribution < -0.4 is 15.6 Å². The minimum atomic E-state index is -2.97. The molecule has 7 rings (SSSR count). The number of carbonyl (C=O) groups is 2. The predicted molar refractivity (Wildman–Crippen MR) is 162 cm³/mol. The van der Waals surface area contributed by atoms with E-state index in [2.05, 4.69) is 91.9 Å². The van der Waals surface area contributed by atoms with Gasteiger partial charge in [-0.05, 0) is 34.0 Å². The Balaban J connectivity index is 1.52. The molecule has 3 nitrogen and oxygen atoms in total. The molecule has 0 radical (unpaired) electrons. The average molecular weight is 541 g/mol. The van der Waals surface area contributed by atoms with Crippen LogP contribution in [0.15, 0.2) is 115 Å². The molecule has 4 aromatic rings. The van der Waals surface area contributed by atoms with Crippen molar-refractivity contribution in [3.63, 3.8) is 0 Å². The number of allylic oxidation sites excluding steroid dienone is 2. The molecule has 0 amide bonds. The van der Waals surface area contributed by atoms with E-state index < -0.39 is 14.2 Å².